The zero-order valence-corrected chi connectivity index (χ0v) is 8.33. The van der Waals surface area contributed by atoms with Gasteiger partial charge in [-0.3, -0.25) is 0 Å². The summed E-state index contributed by atoms with van der Waals surface area (Å²) >= 11 is 0. The van der Waals surface area contributed by atoms with Gasteiger partial charge in [0.1, 0.15) is 5.82 Å². The summed E-state index contributed by atoms with van der Waals surface area (Å²) in [7, 11) is -3.39. The monoisotopic (exact) mass is 214 g/mol. The maximum Gasteiger partial charge on any atom is 0.393 e. The predicted molar refractivity (Wildman–Crippen MR) is 52.3 cm³/mol. The van der Waals surface area contributed by atoms with Crippen molar-refractivity contribution in [2.45, 2.75) is 5.37 Å². The van der Waals surface area contributed by atoms with Crippen LogP contribution in [0.1, 0.15) is 10.9 Å². The summed E-state index contributed by atoms with van der Waals surface area (Å²) in [5, 5.41) is -1.12. The first-order valence-electron chi connectivity index (χ1n) is 3.79. The first-order valence-corrected chi connectivity index (χ1v) is 5.75. The lowest BCUT2D eigenvalue weighted by atomic mass is 10.2. The zero-order valence-electron chi connectivity index (χ0n) is 7.51. The largest absolute Gasteiger partial charge is 0.393 e. The lowest BCUT2D eigenvalue weighted by molar-refractivity contribution is 0.595. The van der Waals surface area contributed by atoms with E-state index in [0.29, 0.717) is 5.56 Å². The summed E-state index contributed by atoms with van der Waals surface area (Å²) in [5.41, 5.74) is 0.358. The molecule has 0 radical (unpaired) electrons. The fraction of sp³-hybridized carbons (Fsp3) is 0.222. The number of halogens is 1. The van der Waals surface area contributed by atoms with E-state index < -0.39 is 21.0 Å². The number of benzene rings is 1. The fourth-order valence-electron chi connectivity index (χ4n) is 1.07. The molecule has 0 N–H and O–H groups in total. The van der Waals surface area contributed by atoms with Crippen molar-refractivity contribution in [3.05, 3.63) is 40.5 Å². The molecule has 0 aliphatic rings. The third-order valence-electron chi connectivity index (χ3n) is 1.70. The van der Waals surface area contributed by atoms with E-state index in [1.165, 1.54) is 24.3 Å². The van der Waals surface area contributed by atoms with Crippen LogP contribution in [0.5, 0.6) is 0 Å². The number of hydrogen-bond acceptors (Lipinski definition) is 2. The highest BCUT2D eigenvalue weighted by atomic mass is 32.2. The molecule has 1 aromatic rings. The summed E-state index contributed by atoms with van der Waals surface area (Å²) in [6.45, 7) is 4.98. The minimum absolute atomic E-state index is 0.358. The molecule has 0 saturated heterocycles. The molecule has 0 spiro atoms. The van der Waals surface area contributed by atoms with Gasteiger partial charge in [-0.2, -0.15) is 0 Å². The smallest absolute Gasteiger partial charge is 0.221 e. The van der Waals surface area contributed by atoms with Crippen LogP contribution >= 0.6 is 0 Å². The molecule has 0 heterocycles. The molecule has 1 rings (SSSR count). The number of sulfone groups is 1. The van der Waals surface area contributed by atoms with Gasteiger partial charge >= 0.3 is 5.37 Å². The minimum Gasteiger partial charge on any atom is -0.221 e. The van der Waals surface area contributed by atoms with Crippen molar-refractivity contribution in [2.75, 3.05) is 6.26 Å². The molecule has 0 saturated carbocycles. The summed E-state index contributed by atoms with van der Waals surface area (Å²) in [6, 6.07) is 5.02. The van der Waals surface area contributed by atoms with E-state index >= 15 is 0 Å². The van der Waals surface area contributed by atoms with E-state index in [1.54, 1.807) is 0 Å². The Morgan fingerprint density at radius 2 is 1.86 bits per heavy atom. The maximum atomic E-state index is 12.5. The molecule has 1 aromatic carbocycles. The van der Waals surface area contributed by atoms with E-state index in [0.717, 1.165) is 6.26 Å². The van der Waals surface area contributed by atoms with Crippen LogP contribution in [0.2, 0.25) is 0 Å². The van der Waals surface area contributed by atoms with Gasteiger partial charge in [-0.05, 0) is 24.3 Å². The van der Waals surface area contributed by atoms with Crippen molar-refractivity contribution in [3.8, 4) is 6.57 Å². The first-order chi connectivity index (χ1) is 6.45. The Labute approximate surface area is 81.9 Å². The van der Waals surface area contributed by atoms with E-state index in [1.807, 2.05) is 0 Å². The van der Waals surface area contributed by atoms with Gasteiger partial charge in [0, 0.05) is 6.26 Å². The molecule has 0 aliphatic heterocycles. The molecule has 0 aromatic heterocycles. The zero-order chi connectivity index (χ0) is 10.8. The highest BCUT2D eigenvalue weighted by molar-refractivity contribution is 7.91. The molecular formula is C9H9FNO2S+. The van der Waals surface area contributed by atoms with E-state index in [-0.39, 0.29) is 0 Å². The second kappa shape index (κ2) is 3.76. The highest BCUT2D eigenvalue weighted by Gasteiger charge is 2.31. The van der Waals surface area contributed by atoms with Crippen LogP contribution in [0.15, 0.2) is 24.3 Å². The van der Waals surface area contributed by atoms with Gasteiger partial charge in [0.05, 0.1) is 5.56 Å². The van der Waals surface area contributed by atoms with Gasteiger partial charge in [0.25, 0.3) is 6.57 Å². The number of rotatable bonds is 2. The quantitative estimate of drug-likeness (QED) is 0.753. The van der Waals surface area contributed by atoms with Crippen molar-refractivity contribution in [1.82, 2.24) is 0 Å². The molecule has 0 bridgehead atoms. The van der Waals surface area contributed by atoms with Crippen LogP contribution in [0.4, 0.5) is 4.39 Å². The van der Waals surface area contributed by atoms with Crippen molar-refractivity contribution >= 4 is 9.84 Å². The molecule has 5 heteroatoms. The Morgan fingerprint density at radius 1 is 1.36 bits per heavy atom. The molecule has 74 valence electrons. The Hall–Kier alpha value is -1.41. The summed E-state index contributed by atoms with van der Waals surface area (Å²) in [4.78, 5) is 3.25. The normalized spacial score (nSPS) is 13.2. The molecule has 14 heavy (non-hydrogen) atoms. The second-order valence-corrected chi connectivity index (χ2v) is 4.99. The van der Waals surface area contributed by atoms with E-state index in [2.05, 4.69) is 4.85 Å². The van der Waals surface area contributed by atoms with Crippen LogP contribution in [-0.4, -0.2) is 14.7 Å². The Morgan fingerprint density at radius 3 is 2.21 bits per heavy atom. The lowest BCUT2D eigenvalue weighted by Crippen LogP contribution is -2.07. The van der Waals surface area contributed by atoms with Crippen molar-refractivity contribution in [2.24, 2.45) is 0 Å². The summed E-state index contributed by atoms with van der Waals surface area (Å²) in [5.74, 6) is -0.432. The standard InChI is InChI=1S/C9H9FNO2S/c1-11-9(14(2,12)13)7-3-5-8(10)6-4-7/h1,3-6,9H,2H3/q+1. The molecule has 3 nitrogen and oxygen atoms in total. The Kier molecular flexibility index (Phi) is 2.87. The topological polar surface area (TPSA) is 38.5 Å². The van der Waals surface area contributed by atoms with Crippen LogP contribution < -0.4 is 0 Å². The molecule has 0 aliphatic carbocycles. The third kappa shape index (κ3) is 2.30. The van der Waals surface area contributed by atoms with Crippen LogP contribution in [0.3, 0.4) is 0 Å². The maximum absolute atomic E-state index is 12.5. The van der Waals surface area contributed by atoms with Crippen LogP contribution in [0, 0.1) is 12.4 Å². The van der Waals surface area contributed by atoms with Crippen molar-refractivity contribution in [1.29, 1.82) is 0 Å². The number of nitrogens with zero attached hydrogens (tertiary/aromatic N) is 1. The molecule has 0 fully saturated rings. The predicted octanol–water partition coefficient (Wildman–Crippen LogP) is 1.83. The molecule has 1 unspecified atom stereocenters. The fourth-order valence-corrected chi connectivity index (χ4v) is 1.94. The van der Waals surface area contributed by atoms with Crippen LogP contribution in [-0.2, 0) is 9.84 Å². The minimum atomic E-state index is -3.39. The summed E-state index contributed by atoms with van der Waals surface area (Å²) < 4.78 is 34.9. The van der Waals surface area contributed by atoms with Gasteiger partial charge in [0.2, 0.25) is 9.84 Å². The van der Waals surface area contributed by atoms with Crippen molar-refractivity contribution in [3.63, 3.8) is 0 Å². The Bertz CT molecular complexity index is 459. The highest BCUT2D eigenvalue weighted by Crippen LogP contribution is 2.22. The van der Waals surface area contributed by atoms with Crippen LogP contribution in [0.25, 0.3) is 4.85 Å². The summed E-state index contributed by atoms with van der Waals surface area (Å²) in [6.07, 6.45) is 1.03. The van der Waals surface area contributed by atoms with Gasteiger partial charge < -0.3 is 0 Å². The molecular weight excluding hydrogens is 205 g/mol. The van der Waals surface area contributed by atoms with Crippen molar-refractivity contribution < 1.29 is 12.8 Å². The SMILES string of the molecule is C#[N+]C(c1ccc(F)cc1)S(C)(=O)=O. The second-order valence-electron chi connectivity index (χ2n) is 2.88. The third-order valence-corrected chi connectivity index (χ3v) is 2.90. The average molecular weight is 214 g/mol. The average Bonchev–Trinajstić information content (AvgIpc) is 2.07. The van der Waals surface area contributed by atoms with Gasteiger partial charge in [0.15, 0.2) is 0 Å². The lowest BCUT2D eigenvalue weighted by Gasteiger charge is -1.99. The molecule has 0 amide bonds. The molecule has 1 atom stereocenters. The van der Waals surface area contributed by atoms with E-state index in [9.17, 15) is 12.8 Å². The van der Waals surface area contributed by atoms with Gasteiger partial charge in [-0.1, -0.05) is 4.85 Å². The first kappa shape index (κ1) is 10.7. The van der Waals surface area contributed by atoms with Gasteiger partial charge in [-0.15, -0.1) is 0 Å². The van der Waals surface area contributed by atoms with Gasteiger partial charge in [-0.25, -0.2) is 12.8 Å². The number of hydrogen-bond donors (Lipinski definition) is 0. The Balaban J connectivity index is 3.17. The van der Waals surface area contributed by atoms with E-state index in [4.69, 9.17) is 6.57 Å².